The lowest BCUT2D eigenvalue weighted by Crippen LogP contribution is -2.24. The average Bonchev–Trinajstić information content (AvgIpc) is 2.45. The van der Waals surface area contributed by atoms with Crippen molar-refractivity contribution in [2.45, 2.75) is 39.3 Å². The summed E-state index contributed by atoms with van der Waals surface area (Å²) in [5.41, 5.74) is 3.70. The molecule has 2 heteroatoms. The molecule has 106 valence electrons. The van der Waals surface area contributed by atoms with Gasteiger partial charge in [-0.15, -0.1) is 0 Å². The predicted molar refractivity (Wildman–Crippen MR) is 83.9 cm³/mol. The molecule has 0 spiro atoms. The highest BCUT2D eigenvalue weighted by Gasteiger charge is 2.13. The van der Waals surface area contributed by atoms with Crippen LogP contribution in [0.3, 0.4) is 0 Å². The van der Waals surface area contributed by atoms with Crippen molar-refractivity contribution in [2.24, 2.45) is 0 Å². The highest BCUT2D eigenvalue weighted by molar-refractivity contribution is 5.30. The molecule has 0 aliphatic rings. The fourth-order valence-electron chi connectivity index (χ4n) is 2.44. The van der Waals surface area contributed by atoms with Crippen molar-refractivity contribution in [1.82, 2.24) is 5.32 Å². The molecule has 0 aliphatic heterocycles. The quantitative estimate of drug-likeness (QED) is 0.837. The summed E-state index contributed by atoms with van der Waals surface area (Å²) in [5.74, 6) is 0.319. The Hall–Kier alpha value is -1.80. The molecule has 0 aromatic heterocycles. The van der Waals surface area contributed by atoms with Crippen molar-refractivity contribution in [3.05, 3.63) is 65.2 Å². The number of phenols is 1. The summed E-state index contributed by atoms with van der Waals surface area (Å²) < 4.78 is 0. The van der Waals surface area contributed by atoms with Crippen LogP contribution in [-0.4, -0.2) is 5.11 Å². The van der Waals surface area contributed by atoms with Crippen LogP contribution in [0.2, 0.25) is 0 Å². The maximum atomic E-state index is 9.57. The number of hydrogen-bond acceptors (Lipinski definition) is 2. The van der Waals surface area contributed by atoms with E-state index in [1.54, 1.807) is 6.07 Å². The summed E-state index contributed by atoms with van der Waals surface area (Å²) in [6, 6.07) is 16.7. The third-order valence-corrected chi connectivity index (χ3v) is 3.71. The van der Waals surface area contributed by atoms with Crippen molar-refractivity contribution < 1.29 is 5.11 Å². The summed E-state index contributed by atoms with van der Waals surface area (Å²) in [5, 5.41) is 13.2. The second-order valence-electron chi connectivity index (χ2n) is 5.35. The van der Waals surface area contributed by atoms with Gasteiger partial charge in [-0.25, -0.2) is 0 Å². The van der Waals surface area contributed by atoms with E-state index in [1.165, 1.54) is 11.1 Å². The van der Waals surface area contributed by atoms with Gasteiger partial charge in [0.1, 0.15) is 5.75 Å². The molecule has 0 aliphatic carbocycles. The second-order valence-corrected chi connectivity index (χ2v) is 5.35. The molecule has 2 aromatic carbocycles. The van der Waals surface area contributed by atoms with Crippen molar-refractivity contribution >= 4 is 0 Å². The number of nitrogens with one attached hydrogen (secondary N) is 1. The van der Waals surface area contributed by atoms with Gasteiger partial charge in [-0.1, -0.05) is 48.9 Å². The highest BCUT2D eigenvalue weighted by Crippen LogP contribution is 2.24. The molecule has 0 fully saturated rings. The molecule has 2 aromatic rings. The summed E-state index contributed by atoms with van der Waals surface area (Å²) in [6.07, 6.45) is 1.03. The Kier molecular flexibility index (Phi) is 4.80. The fraction of sp³-hybridized carbons (Fsp3) is 0.333. The molecule has 0 saturated heterocycles. The Morgan fingerprint density at radius 1 is 1.05 bits per heavy atom. The lowest BCUT2D eigenvalue weighted by molar-refractivity contribution is 0.449. The van der Waals surface area contributed by atoms with Crippen LogP contribution >= 0.6 is 0 Å². The first kappa shape index (κ1) is 14.6. The van der Waals surface area contributed by atoms with E-state index in [0.717, 1.165) is 12.0 Å². The van der Waals surface area contributed by atoms with Crippen LogP contribution < -0.4 is 5.32 Å². The Labute approximate surface area is 121 Å². The molecule has 20 heavy (non-hydrogen) atoms. The minimum Gasteiger partial charge on any atom is -0.508 e. The molecular formula is C18H23NO. The normalized spacial score (nSPS) is 13.9. The number of hydrogen-bond donors (Lipinski definition) is 2. The van der Waals surface area contributed by atoms with Crippen LogP contribution in [0.5, 0.6) is 5.75 Å². The minimum absolute atomic E-state index is 0.202. The highest BCUT2D eigenvalue weighted by atomic mass is 16.3. The molecule has 2 atom stereocenters. The lowest BCUT2D eigenvalue weighted by atomic mass is 10.0. The topological polar surface area (TPSA) is 32.3 Å². The van der Waals surface area contributed by atoms with E-state index in [2.05, 4.69) is 50.4 Å². The summed E-state index contributed by atoms with van der Waals surface area (Å²) in [6.45, 7) is 6.42. The Morgan fingerprint density at radius 2 is 1.75 bits per heavy atom. The van der Waals surface area contributed by atoms with Crippen LogP contribution in [0.4, 0.5) is 0 Å². The van der Waals surface area contributed by atoms with Crippen LogP contribution in [0, 0.1) is 6.92 Å². The van der Waals surface area contributed by atoms with Gasteiger partial charge >= 0.3 is 0 Å². The van der Waals surface area contributed by atoms with Gasteiger partial charge < -0.3 is 10.4 Å². The van der Waals surface area contributed by atoms with E-state index in [-0.39, 0.29) is 6.04 Å². The van der Waals surface area contributed by atoms with Gasteiger partial charge in [0.25, 0.3) is 0 Å². The van der Waals surface area contributed by atoms with Gasteiger partial charge in [0.05, 0.1) is 0 Å². The minimum atomic E-state index is 0.202. The van der Waals surface area contributed by atoms with E-state index in [0.29, 0.717) is 11.8 Å². The second kappa shape index (κ2) is 6.58. The molecule has 0 amide bonds. The predicted octanol–water partition coefficient (Wildman–Crippen LogP) is 4.50. The van der Waals surface area contributed by atoms with Crippen LogP contribution in [-0.2, 0) is 0 Å². The molecule has 0 radical (unpaired) electrons. The Bertz CT molecular complexity index is 548. The first-order valence-electron chi connectivity index (χ1n) is 7.21. The zero-order valence-electron chi connectivity index (χ0n) is 12.4. The third kappa shape index (κ3) is 3.61. The smallest absolute Gasteiger partial charge is 0.115 e. The summed E-state index contributed by atoms with van der Waals surface area (Å²) in [7, 11) is 0. The largest absolute Gasteiger partial charge is 0.508 e. The van der Waals surface area contributed by atoms with Gasteiger partial charge in [-0.3, -0.25) is 0 Å². The molecule has 2 N–H and O–H groups in total. The zero-order chi connectivity index (χ0) is 14.5. The van der Waals surface area contributed by atoms with Gasteiger partial charge in [0, 0.05) is 12.1 Å². The van der Waals surface area contributed by atoms with E-state index in [1.807, 2.05) is 18.2 Å². The molecule has 2 rings (SSSR count). The SMILES string of the molecule is CCC(NC(C)c1cccc(O)c1)c1ccc(C)cc1. The molecule has 0 saturated carbocycles. The first-order valence-corrected chi connectivity index (χ1v) is 7.21. The maximum Gasteiger partial charge on any atom is 0.115 e. The van der Waals surface area contributed by atoms with Crippen LogP contribution in [0.25, 0.3) is 0 Å². The van der Waals surface area contributed by atoms with Gasteiger partial charge in [0.2, 0.25) is 0 Å². The average molecular weight is 269 g/mol. The van der Waals surface area contributed by atoms with E-state index in [9.17, 15) is 5.11 Å². The van der Waals surface area contributed by atoms with Gasteiger partial charge in [-0.05, 0) is 43.5 Å². The number of phenolic OH excluding ortho intramolecular Hbond substituents is 1. The van der Waals surface area contributed by atoms with Crippen molar-refractivity contribution in [1.29, 1.82) is 0 Å². The number of aryl methyl sites for hydroxylation is 1. The Morgan fingerprint density at radius 3 is 2.35 bits per heavy atom. The number of rotatable bonds is 5. The van der Waals surface area contributed by atoms with E-state index < -0.39 is 0 Å². The number of benzene rings is 2. The first-order chi connectivity index (χ1) is 9.60. The molecule has 0 heterocycles. The standard InChI is InChI=1S/C18H23NO/c1-4-18(15-10-8-13(2)9-11-15)19-14(3)16-6-5-7-17(20)12-16/h5-12,14,18-20H,4H2,1-3H3. The molecule has 2 unspecified atom stereocenters. The van der Waals surface area contributed by atoms with Crippen molar-refractivity contribution in [3.63, 3.8) is 0 Å². The monoisotopic (exact) mass is 269 g/mol. The molecule has 2 nitrogen and oxygen atoms in total. The number of aromatic hydroxyl groups is 1. The Balaban J connectivity index is 2.11. The van der Waals surface area contributed by atoms with E-state index in [4.69, 9.17) is 0 Å². The van der Waals surface area contributed by atoms with Crippen molar-refractivity contribution in [3.8, 4) is 5.75 Å². The molecule has 0 bridgehead atoms. The fourth-order valence-corrected chi connectivity index (χ4v) is 2.44. The van der Waals surface area contributed by atoms with Crippen molar-refractivity contribution in [2.75, 3.05) is 0 Å². The van der Waals surface area contributed by atoms with Gasteiger partial charge in [0.15, 0.2) is 0 Å². The lowest BCUT2D eigenvalue weighted by Gasteiger charge is -2.23. The third-order valence-electron chi connectivity index (χ3n) is 3.71. The molecular weight excluding hydrogens is 246 g/mol. The zero-order valence-corrected chi connectivity index (χ0v) is 12.4. The van der Waals surface area contributed by atoms with Crippen LogP contribution in [0.15, 0.2) is 48.5 Å². The van der Waals surface area contributed by atoms with Crippen LogP contribution in [0.1, 0.15) is 49.0 Å². The van der Waals surface area contributed by atoms with E-state index >= 15 is 0 Å². The maximum absolute atomic E-state index is 9.57. The summed E-state index contributed by atoms with van der Waals surface area (Å²) >= 11 is 0. The summed E-state index contributed by atoms with van der Waals surface area (Å²) in [4.78, 5) is 0. The van der Waals surface area contributed by atoms with Gasteiger partial charge in [-0.2, -0.15) is 0 Å².